The fraction of sp³-hybridized carbons (Fsp3) is 0.273. The van der Waals surface area contributed by atoms with Gasteiger partial charge in [0.1, 0.15) is 12.1 Å². The minimum atomic E-state index is 0.205. The summed E-state index contributed by atoms with van der Waals surface area (Å²) in [6.07, 6.45) is 2.24. The summed E-state index contributed by atoms with van der Waals surface area (Å²) in [6.45, 7) is 0. The molecule has 2 rings (SSSR count). The Kier molecular flexibility index (Phi) is 2.08. The molecular weight excluding hydrogens is 176 g/mol. The smallest absolute Gasteiger partial charge is 0.155 e. The van der Waals surface area contributed by atoms with E-state index < -0.39 is 0 Å². The van der Waals surface area contributed by atoms with Crippen LogP contribution in [0.15, 0.2) is 18.2 Å². The lowest BCUT2D eigenvalue weighted by Crippen LogP contribution is -2.00. The number of ether oxygens (including phenoxy) is 1. The van der Waals surface area contributed by atoms with E-state index in [1.54, 1.807) is 18.2 Å². The summed E-state index contributed by atoms with van der Waals surface area (Å²) in [6, 6.07) is 9.08. The minimum Gasteiger partial charge on any atom is -0.488 e. The van der Waals surface area contributed by atoms with Crippen molar-refractivity contribution in [1.82, 2.24) is 0 Å². The maximum absolute atomic E-state index is 8.83. The molecule has 14 heavy (non-hydrogen) atoms. The second-order valence-corrected chi connectivity index (χ2v) is 3.22. The SMILES string of the molecule is N#Cc1cccc(C#N)c1OC1CC1. The van der Waals surface area contributed by atoms with Gasteiger partial charge in [-0.2, -0.15) is 10.5 Å². The van der Waals surface area contributed by atoms with Crippen LogP contribution in [-0.2, 0) is 0 Å². The quantitative estimate of drug-likeness (QED) is 0.706. The second-order valence-electron chi connectivity index (χ2n) is 3.22. The number of para-hydroxylation sites is 1. The Labute approximate surface area is 82.1 Å². The van der Waals surface area contributed by atoms with E-state index in [2.05, 4.69) is 0 Å². The van der Waals surface area contributed by atoms with Crippen molar-refractivity contribution in [3.63, 3.8) is 0 Å². The first-order valence-corrected chi connectivity index (χ1v) is 4.45. The van der Waals surface area contributed by atoms with Gasteiger partial charge in [0.15, 0.2) is 5.75 Å². The van der Waals surface area contributed by atoms with Gasteiger partial charge in [0.25, 0.3) is 0 Å². The van der Waals surface area contributed by atoms with Crippen molar-refractivity contribution < 1.29 is 4.74 Å². The molecule has 0 bridgehead atoms. The van der Waals surface area contributed by atoms with Gasteiger partial charge in [0.05, 0.1) is 17.2 Å². The Balaban J connectivity index is 2.41. The molecule has 3 nitrogen and oxygen atoms in total. The maximum Gasteiger partial charge on any atom is 0.155 e. The van der Waals surface area contributed by atoms with Crippen molar-refractivity contribution in [1.29, 1.82) is 10.5 Å². The fourth-order valence-corrected chi connectivity index (χ4v) is 1.19. The summed E-state index contributed by atoms with van der Waals surface area (Å²) < 4.78 is 5.52. The highest BCUT2D eigenvalue weighted by Crippen LogP contribution is 2.31. The normalized spacial score (nSPS) is 14.1. The van der Waals surface area contributed by atoms with Gasteiger partial charge in [0, 0.05) is 0 Å². The average Bonchev–Trinajstić information content (AvgIpc) is 3.02. The first-order valence-electron chi connectivity index (χ1n) is 4.45. The molecule has 1 aliphatic rings. The standard InChI is InChI=1S/C11H8N2O/c12-6-8-2-1-3-9(7-13)11(8)14-10-4-5-10/h1-3,10H,4-5H2. The third-order valence-corrected chi connectivity index (χ3v) is 2.06. The number of hydrogen-bond donors (Lipinski definition) is 0. The molecule has 1 aromatic rings. The third-order valence-electron chi connectivity index (χ3n) is 2.06. The molecule has 1 saturated carbocycles. The van der Waals surface area contributed by atoms with Gasteiger partial charge in [-0.25, -0.2) is 0 Å². The van der Waals surface area contributed by atoms with Crippen LogP contribution in [0, 0.1) is 22.7 Å². The van der Waals surface area contributed by atoms with E-state index in [0.29, 0.717) is 16.9 Å². The number of nitrogens with zero attached hydrogens (tertiary/aromatic N) is 2. The van der Waals surface area contributed by atoms with Crippen molar-refractivity contribution in [3.8, 4) is 17.9 Å². The van der Waals surface area contributed by atoms with Crippen LogP contribution in [0.3, 0.4) is 0 Å². The van der Waals surface area contributed by atoms with Gasteiger partial charge < -0.3 is 4.74 Å². The highest BCUT2D eigenvalue weighted by Gasteiger charge is 2.25. The molecule has 0 N–H and O–H groups in total. The number of hydrogen-bond acceptors (Lipinski definition) is 3. The molecule has 0 atom stereocenters. The topological polar surface area (TPSA) is 56.8 Å². The molecule has 0 unspecified atom stereocenters. The Morgan fingerprint density at radius 3 is 2.14 bits per heavy atom. The van der Waals surface area contributed by atoms with E-state index in [1.807, 2.05) is 12.1 Å². The Morgan fingerprint density at radius 1 is 1.14 bits per heavy atom. The van der Waals surface area contributed by atoms with Gasteiger partial charge in [-0.1, -0.05) is 6.07 Å². The lowest BCUT2D eigenvalue weighted by Gasteiger charge is -2.07. The summed E-state index contributed by atoms with van der Waals surface area (Å²) >= 11 is 0. The summed E-state index contributed by atoms with van der Waals surface area (Å²) in [5.74, 6) is 0.444. The van der Waals surface area contributed by atoms with E-state index in [1.165, 1.54) is 0 Å². The average molecular weight is 184 g/mol. The Bertz CT molecular complexity index is 403. The predicted molar refractivity (Wildman–Crippen MR) is 49.5 cm³/mol. The summed E-state index contributed by atoms with van der Waals surface area (Å²) in [4.78, 5) is 0. The van der Waals surface area contributed by atoms with Gasteiger partial charge in [-0.05, 0) is 25.0 Å². The second kappa shape index (κ2) is 3.40. The lowest BCUT2D eigenvalue weighted by molar-refractivity contribution is 0.301. The number of nitriles is 2. The van der Waals surface area contributed by atoms with Crippen LogP contribution >= 0.6 is 0 Å². The molecule has 0 radical (unpaired) electrons. The molecule has 0 spiro atoms. The number of benzene rings is 1. The van der Waals surface area contributed by atoms with Gasteiger partial charge in [-0.15, -0.1) is 0 Å². The summed E-state index contributed by atoms with van der Waals surface area (Å²) in [5, 5.41) is 17.7. The van der Waals surface area contributed by atoms with Crippen LogP contribution < -0.4 is 4.74 Å². The van der Waals surface area contributed by atoms with Crippen molar-refractivity contribution in [2.45, 2.75) is 18.9 Å². The molecule has 68 valence electrons. The first-order chi connectivity index (χ1) is 6.85. The Morgan fingerprint density at radius 2 is 1.71 bits per heavy atom. The third kappa shape index (κ3) is 1.53. The first kappa shape index (κ1) is 8.59. The van der Waals surface area contributed by atoms with Crippen LogP contribution in [0.2, 0.25) is 0 Å². The van der Waals surface area contributed by atoms with E-state index in [0.717, 1.165) is 12.8 Å². The van der Waals surface area contributed by atoms with E-state index in [9.17, 15) is 0 Å². The molecule has 0 aliphatic heterocycles. The monoisotopic (exact) mass is 184 g/mol. The van der Waals surface area contributed by atoms with Crippen LogP contribution in [0.1, 0.15) is 24.0 Å². The maximum atomic E-state index is 8.83. The van der Waals surface area contributed by atoms with Crippen LogP contribution in [0.5, 0.6) is 5.75 Å². The van der Waals surface area contributed by atoms with Crippen molar-refractivity contribution >= 4 is 0 Å². The molecular formula is C11H8N2O. The van der Waals surface area contributed by atoms with E-state index in [-0.39, 0.29) is 6.10 Å². The highest BCUT2D eigenvalue weighted by molar-refractivity contribution is 5.53. The molecule has 3 heteroatoms. The zero-order chi connectivity index (χ0) is 9.97. The molecule has 1 aromatic carbocycles. The highest BCUT2D eigenvalue weighted by atomic mass is 16.5. The van der Waals surface area contributed by atoms with E-state index >= 15 is 0 Å². The van der Waals surface area contributed by atoms with Crippen molar-refractivity contribution in [2.75, 3.05) is 0 Å². The molecule has 0 amide bonds. The van der Waals surface area contributed by atoms with Gasteiger partial charge in [0.2, 0.25) is 0 Å². The zero-order valence-corrected chi connectivity index (χ0v) is 7.53. The largest absolute Gasteiger partial charge is 0.488 e. The van der Waals surface area contributed by atoms with Crippen molar-refractivity contribution in [2.24, 2.45) is 0 Å². The molecule has 0 heterocycles. The molecule has 0 saturated heterocycles. The lowest BCUT2D eigenvalue weighted by atomic mass is 10.1. The zero-order valence-electron chi connectivity index (χ0n) is 7.53. The minimum absolute atomic E-state index is 0.205. The molecule has 0 aromatic heterocycles. The molecule has 1 aliphatic carbocycles. The van der Waals surface area contributed by atoms with Crippen LogP contribution in [-0.4, -0.2) is 6.10 Å². The van der Waals surface area contributed by atoms with E-state index in [4.69, 9.17) is 15.3 Å². The Hall–Kier alpha value is -2.00. The summed E-state index contributed by atoms with van der Waals surface area (Å²) in [7, 11) is 0. The van der Waals surface area contributed by atoms with Crippen LogP contribution in [0.25, 0.3) is 0 Å². The molecule has 1 fully saturated rings. The predicted octanol–water partition coefficient (Wildman–Crippen LogP) is 1.97. The number of rotatable bonds is 2. The van der Waals surface area contributed by atoms with Crippen molar-refractivity contribution in [3.05, 3.63) is 29.3 Å². The fourth-order valence-electron chi connectivity index (χ4n) is 1.19. The van der Waals surface area contributed by atoms with Crippen LogP contribution in [0.4, 0.5) is 0 Å². The van der Waals surface area contributed by atoms with Gasteiger partial charge >= 0.3 is 0 Å². The van der Waals surface area contributed by atoms with Gasteiger partial charge in [-0.3, -0.25) is 0 Å². The summed E-state index contributed by atoms with van der Waals surface area (Å²) in [5.41, 5.74) is 0.881.